The van der Waals surface area contributed by atoms with Gasteiger partial charge in [-0.25, -0.2) is 0 Å². The standard InChI is InChI=1S/C20H25N7S/c1-11(12(2)22)16-17-18(28-19(16)23)20(27-26-17)25-10-13-4-6-14(7-5-13)15(24-3)8-9-21/h4-9,12,23H,10,21-22H2,1-3H3,(H2,25,26,27)/b9-8?,16-11-,23-19?,24-15?. The van der Waals surface area contributed by atoms with E-state index in [1.165, 1.54) is 18.0 Å². The number of aliphatic imine (C=N–C) groups is 1. The monoisotopic (exact) mass is 395 g/mol. The van der Waals surface area contributed by atoms with Crippen LogP contribution in [0.15, 0.2) is 52.0 Å². The Kier molecular flexibility index (Phi) is 6.01. The molecule has 2 aromatic rings. The number of nitrogens with one attached hydrogen (secondary N) is 3. The van der Waals surface area contributed by atoms with Gasteiger partial charge in [0.2, 0.25) is 0 Å². The molecule has 2 heterocycles. The van der Waals surface area contributed by atoms with Crippen molar-refractivity contribution in [2.75, 3.05) is 12.4 Å². The van der Waals surface area contributed by atoms with Crippen LogP contribution in [0.5, 0.6) is 0 Å². The molecule has 1 unspecified atom stereocenters. The van der Waals surface area contributed by atoms with Gasteiger partial charge in [0.1, 0.15) is 5.04 Å². The predicted octanol–water partition coefficient (Wildman–Crippen LogP) is 3.12. The average molecular weight is 396 g/mol. The highest BCUT2D eigenvalue weighted by Gasteiger charge is 2.30. The molecular weight excluding hydrogens is 370 g/mol. The summed E-state index contributed by atoms with van der Waals surface area (Å²) in [4.78, 5) is 5.18. The van der Waals surface area contributed by atoms with Crippen LogP contribution in [-0.2, 0) is 6.54 Å². The topological polar surface area (TPSA) is 129 Å². The summed E-state index contributed by atoms with van der Waals surface area (Å²) in [6, 6.07) is 8.03. The van der Waals surface area contributed by atoms with Crippen molar-refractivity contribution in [3.05, 3.63) is 58.9 Å². The van der Waals surface area contributed by atoms with Crippen molar-refractivity contribution in [1.82, 2.24) is 10.2 Å². The fourth-order valence-electron chi connectivity index (χ4n) is 2.96. The molecule has 146 valence electrons. The van der Waals surface area contributed by atoms with Gasteiger partial charge >= 0.3 is 0 Å². The third-order valence-electron chi connectivity index (χ3n) is 4.68. The maximum Gasteiger partial charge on any atom is 0.162 e. The molecule has 0 bridgehead atoms. The molecule has 0 amide bonds. The van der Waals surface area contributed by atoms with Gasteiger partial charge in [-0.3, -0.25) is 15.5 Å². The summed E-state index contributed by atoms with van der Waals surface area (Å²) < 4.78 is 0. The smallest absolute Gasteiger partial charge is 0.162 e. The van der Waals surface area contributed by atoms with Crippen molar-refractivity contribution >= 4 is 33.9 Å². The minimum atomic E-state index is -0.106. The lowest BCUT2D eigenvalue weighted by Crippen LogP contribution is -2.18. The number of H-pyrrole nitrogens is 1. The summed E-state index contributed by atoms with van der Waals surface area (Å²) in [5.74, 6) is 0.753. The van der Waals surface area contributed by atoms with Crippen LogP contribution < -0.4 is 16.8 Å². The SMILES string of the molecule is CN=C(C=CN)c1ccc(CNc2n[nH]c3c2SC(=N)/C3=C(/C)C(C)N)cc1. The van der Waals surface area contributed by atoms with Crippen LogP contribution in [0.4, 0.5) is 5.82 Å². The summed E-state index contributed by atoms with van der Waals surface area (Å²) in [5.41, 5.74) is 17.2. The van der Waals surface area contributed by atoms with Crippen molar-refractivity contribution in [3.8, 4) is 0 Å². The first-order chi connectivity index (χ1) is 13.5. The maximum atomic E-state index is 8.29. The second-order valence-electron chi connectivity index (χ2n) is 6.57. The van der Waals surface area contributed by atoms with Crippen LogP contribution in [0, 0.1) is 5.41 Å². The predicted molar refractivity (Wildman–Crippen MR) is 118 cm³/mol. The summed E-state index contributed by atoms with van der Waals surface area (Å²) in [6.45, 7) is 4.52. The van der Waals surface area contributed by atoms with Crippen molar-refractivity contribution in [2.24, 2.45) is 16.5 Å². The molecule has 0 saturated carbocycles. The number of nitrogens with two attached hydrogens (primary N) is 2. The van der Waals surface area contributed by atoms with Gasteiger partial charge < -0.3 is 16.8 Å². The van der Waals surface area contributed by atoms with Gasteiger partial charge in [0.05, 0.1) is 16.3 Å². The van der Waals surface area contributed by atoms with E-state index in [2.05, 4.69) is 20.5 Å². The molecule has 1 aromatic heterocycles. The lowest BCUT2D eigenvalue weighted by molar-refractivity contribution is 0.864. The lowest BCUT2D eigenvalue weighted by Gasteiger charge is -2.09. The van der Waals surface area contributed by atoms with Gasteiger partial charge in [0.25, 0.3) is 0 Å². The van der Waals surface area contributed by atoms with Crippen molar-refractivity contribution in [1.29, 1.82) is 5.41 Å². The Labute approximate surface area is 168 Å². The van der Waals surface area contributed by atoms with E-state index < -0.39 is 0 Å². The van der Waals surface area contributed by atoms with Crippen LogP contribution in [0.25, 0.3) is 5.57 Å². The first-order valence-corrected chi connectivity index (χ1v) is 9.78. The van der Waals surface area contributed by atoms with E-state index in [1.807, 2.05) is 38.1 Å². The minimum Gasteiger partial charge on any atom is -0.405 e. The Hall–Kier alpha value is -2.84. The highest BCUT2D eigenvalue weighted by atomic mass is 32.2. The number of rotatable bonds is 6. The Balaban J connectivity index is 1.75. The first kappa shape index (κ1) is 19.9. The number of anilines is 1. The van der Waals surface area contributed by atoms with Crippen LogP contribution >= 0.6 is 11.8 Å². The Morgan fingerprint density at radius 3 is 2.71 bits per heavy atom. The molecule has 7 nitrogen and oxygen atoms in total. The molecule has 8 heteroatoms. The quantitative estimate of drug-likeness (QED) is 0.480. The van der Waals surface area contributed by atoms with Crippen LogP contribution in [-0.4, -0.2) is 34.0 Å². The zero-order valence-electron chi connectivity index (χ0n) is 16.2. The number of hydrogen-bond acceptors (Lipinski definition) is 7. The van der Waals surface area contributed by atoms with Gasteiger partial charge in [-0.05, 0) is 42.8 Å². The highest BCUT2D eigenvalue weighted by molar-refractivity contribution is 8.15. The molecule has 3 rings (SSSR count). The van der Waals surface area contributed by atoms with Crippen molar-refractivity contribution in [3.63, 3.8) is 0 Å². The molecule has 1 aliphatic rings. The number of benzene rings is 1. The number of nitrogens with zero attached hydrogens (tertiary/aromatic N) is 2. The first-order valence-electron chi connectivity index (χ1n) is 8.96. The van der Waals surface area contributed by atoms with Gasteiger partial charge in [0, 0.05) is 25.2 Å². The fourth-order valence-corrected chi connectivity index (χ4v) is 3.99. The van der Waals surface area contributed by atoms with Crippen LogP contribution in [0.1, 0.15) is 30.7 Å². The third-order valence-corrected chi connectivity index (χ3v) is 5.69. The second kappa shape index (κ2) is 8.45. The number of allylic oxidation sites excluding steroid dienone is 1. The number of thioether (sulfide) groups is 1. The van der Waals surface area contributed by atoms with E-state index in [0.717, 1.165) is 44.4 Å². The normalized spacial score (nSPS) is 17.1. The molecule has 0 fully saturated rings. The van der Waals surface area contributed by atoms with Crippen molar-refractivity contribution in [2.45, 2.75) is 31.3 Å². The molecular formula is C20H25N7S. The molecule has 1 aromatic carbocycles. The lowest BCUT2D eigenvalue weighted by atomic mass is 10.0. The summed E-state index contributed by atoms with van der Waals surface area (Å²) in [7, 11) is 1.74. The number of aromatic nitrogens is 2. The number of hydrogen-bond donors (Lipinski definition) is 5. The van der Waals surface area contributed by atoms with Crippen LogP contribution in [0.2, 0.25) is 0 Å². The second-order valence-corrected chi connectivity index (χ2v) is 7.59. The van der Waals surface area contributed by atoms with Gasteiger partial charge in [0.15, 0.2) is 5.82 Å². The van der Waals surface area contributed by atoms with Gasteiger partial charge in [-0.1, -0.05) is 36.0 Å². The van der Waals surface area contributed by atoms with Crippen LogP contribution in [0.3, 0.4) is 0 Å². The van der Waals surface area contributed by atoms with E-state index in [4.69, 9.17) is 16.9 Å². The van der Waals surface area contributed by atoms with E-state index in [9.17, 15) is 0 Å². The summed E-state index contributed by atoms with van der Waals surface area (Å²) in [6.07, 6.45) is 3.27. The molecule has 28 heavy (non-hydrogen) atoms. The Morgan fingerprint density at radius 1 is 1.39 bits per heavy atom. The van der Waals surface area contributed by atoms with Gasteiger partial charge in [-0.2, -0.15) is 5.10 Å². The Morgan fingerprint density at radius 2 is 2.11 bits per heavy atom. The summed E-state index contributed by atoms with van der Waals surface area (Å²) in [5, 5.41) is 19.6. The van der Waals surface area contributed by atoms with Gasteiger partial charge in [-0.15, -0.1) is 0 Å². The molecule has 0 spiro atoms. The van der Waals surface area contributed by atoms with E-state index in [-0.39, 0.29) is 6.04 Å². The minimum absolute atomic E-state index is 0.106. The van der Waals surface area contributed by atoms with Crippen molar-refractivity contribution < 1.29 is 0 Å². The largest absolute Gasteiger partial charge is 0.405 e. The zero-order valence-corrected chi connectivity index (χ0v) is 17.0. The number of fused-ring (bicyclic) bond motifs is 1. The zero-order chi connectivity index (χ0) is 20.3. The van der Waals surface area contributed by atoms with E-state index in [1.54, 1.807) is 13.1 Å². The molecule has 0 aliphatic carbocycles. The molecule has 0 radical (unpaired) electrons. The maximum absolute atomic E-state index is 8.29. The summed E-state index contributed by atoms with van der Waals surface area (Å²) >= 11 is 1.41. The number of aromatic amines is 1. The van der Waals surface area contributed by atoms with E-state index >= 15 is 0 Å². The molecule has 1 atom stereocenters. The molecule has 7 N–H and O–H groups in total. The Bertz CT molecular complexity index is 965. The average Bonchev–Trinajstić information content (AvgIpc) is 3.22. The highest BCUT2D eigenvalue weighted by Crippen LogP contribution is 2.45. The molecule has 0 saturated heterocycles. The molecule has 1 aliphatic heterocycles. The fraction of sp³-hybridized carbons (Fsp3) is 0.250. The third kappa shape index (κ3) is 3.88. The van der Waals surface area contributed by atoms with E-state index in [0.29, 0.717) is 11.6 Å².